The van der Waals surface area contributed by atoms with Gasteiger partial charge in [0.2, 0.25) is 0 Å². The Morgan fingerprint density at radius 2 is 2.05 bits per heavy atom. The zero-order chi connectivity index (χ0) is 13.7. The van der Waals surface area contributed by atoms with E-state index in [0.29, 0.717) is 6.61 Å². The van der Waals surface area contributed by atoms with Crippen LogP contribution in [0.3, 0.4) is 0 Å². The summed E-state index contributed by atoms with van der Waals surface area (Å²) >= 11 is 0. The summed E-state index contributed by atoms with van der Waals surface area (Å²) in [4.78, 5) is 0. The monoisotopic (exact) mass is 264 g/mol. The van der Waals surface area contributed by atoms with Crippen molar-refractivity contribution in [2.75, 3.05) is 13.2 Å². The molecule has 1 heterocycles. The molecule has 0 spiro atoms. The second-order valence-electron chi connectivity index (χ2n) is 5.38. The highest BCUT2D eigenvalue weighted by molar-refractivity contribution is 5.23. The number of aliphatic hydroxyl groups is 1. The summed E-state index contributed by atoms with van der Waals surface area (Å²) in [7, 11) is 0. The van der Waals surface area contributed by atoms with Gasteiger partial charge in [-0.3, -0.25) is 0 Å². The van der Waals surface area contributed by atoms with E-state index in [0.717, 1.165) is 25.0 Å². The quantitative estimate of drug-likeness (QED) is 0.888. The van der Waals surface area contributed by atoms with Crippen molar-refractivity contribution < 1.29 is 14.6 Å². The molecule has 106 valence electrons. The Kier molecular flexibility index (Phi) is 5.37. The van der Waals surface area contributed by atoms with Crippen LogP contribution in [0, 0.1) is 6.92 Å². The summed E-state index contributed by atoms with van der Waals surface area (Å²) in [5.74, 6) is 0. The smallest absolute Gasteiger partial charge is 0.105 e. The molecule has 0 aromatic heterocycles. The number of hydrogen-bond donors (Lipinski definition) is 1. The Labute approximate surface area is 115 Å². The number of rotatable bonds is 5. The largest absolute Gasteiger partial charge is 0.386 e. The third kappa shape index (κ3) is 4.30. The standard InChI is InChI=1S/C16H24O3/c1-12-6-8-14(9-7-12)16(17)13(2)19-11-15-5-3-4-10-18-15/h6-9,13,15-17H,3-5,10-11H2,1-2H3. The zero-order valence-corrected chi connectivity index (χ0v) is 11.8. The predicted octanol–water partition coefficient (Wildman–Crippen LogP) is 3.00. The molecular formula is C16H24O3. The van der Waals surface area contributed by atoms with Crippen molar-refractivity contribution in [2.24, 2.45) is 0 Å². The number of benzene rings is 1. The summed E-state index contributed by atoms with van der Waals surface area (Å²) in [6.07, 6.45) is 2.83. The van der Waals surface area contributed by atoms with Crippen molar-refractivity contribution in [1.82, 2.24) is 0 Å². The van der Waals surface area contributed by atoms with E-state index in [4.69, 9.17) is 9.47 Å². The van der Waals surface area contributed by atoms with Crippen LogP contribution in [0.2, 0.25) is 0 Å². The molecule has 3 atom stereocenters. The molecule has 0 radical (unpaired) electrons. The summed E-state index contributed by atoms with van der Waals surface area (Å²) in [5.41, 5.74) is 2.10. The zero-order valence-electron chi connectivity index (χ0n) is 11.8. The molecule has 1 aromatic rings. The Morgan fingerprint density at radius 3 is 2.68 bits per heavy atom. The Bertz CT molecular complexity index is 368. The third-order valence-electron chi connectivity index (χ3n) is 3.68. The van der Waals surface area contributed by atoms with Crippen LogP contribution in [0.1, 0.15) is 43.4 Å². The van der Waals surface area contributed by atoms with Gasteiger partial charge in [0.1, 0.15) is 6.10 Å². The van der Waals surface area contributed by atoms with Crippen LogP contribution in [-0.2, 0) is 9.47 Å². The van der Waals surface area contributed by atoms with E-state index in [1.165, 1.54) is 12.0 Å². The average Bonchev–Trinajstić information content (AvgIpc) is 2.46. The normalized spacial score (nSPS) is 23.0. The van der Waals surface area contributed by atoms with Gasteiger partial charge in [0.15, 0.2) is 0 Å². The maximum absolute atomic E-state index is 10.2. The van der Waals surface area contributed by atoms with E-state index >= 15 is 0 Å². The first kappa shape index (κ1) is 14.5. The van der Waals surface area contributed by atoms with Crippen molar-refractivity contribution in [1.29, 1.82) is 0 Å². The molecule has 19 heavy (non-hydrogen) atoms. The summed E-state index contributed by atoms with van der Waals surface area (Å²) in [6.45, 7) is 5.36. The first-order chi connectivity index (χ1) is 9.16. The molecule has 1 aliphatic rings. The molecule has 3 nitrogen and oxygen atoms in total. The van der Waals surface area contributed by atoms with Crippen molar-refractivity contribution >= 4 is 0 Å². The molecule has 1 aromatic carbocycles. The summed E-state index contributed by atoms with van der Waals surface area (Å²) in [5, 5.41) is 10.2. The summed E-state index contributed by atoms with van der Waals surface area (Å²) < 4.78 is 11.4. The minimum absolute atomic E-state index is 0.196. The van der Waals surface area contributed by atoms with Crippen molar-refractivity contribution in [2.45, 2.75) is 51.4 Å². The lowest BCUT2D eigenvalue weighted by Gasteiger charge is -2.26. The number of aryl methyl sites for hydroxylation is 1. The topological polar surface area (TPSA) is 38.7 Å². The van der Waals surface area contributed by atoms with Crippen molar-refractivity contribution in [3.8, 4) is 0 Å². The Balaban J connectivity index is 1.81. The first-order valence-electron chi connectivity index (χ1n) is 7.14. The minimum atomic E-state index is -0.579. The number of hydrogen-bond acceptors (Lipinski definition) is 3. The molecule has 2 rings (SSSR count). The molecule has 0 amide bonds. The number of ether oxygens (including phenoxy) is 2. The van der Waals surface area contributed by atoms with Crippen molar-refractivity contribution in [3.05, 3.63) is 35.4 Å². The SMILES string of the molecule is Cc1ccc(C(O)C(C)OCC2CCCCO2)cc1. The lowest BCUT2D eigenvalue weighted by Crippen LogP contribution is -2.28. The van der Waals surface area contributed by atoms with Gasteiger partial charge in [0.05, 0.1) is 18.8 Å². The van der Waals surface area contributed by atoms with Crippen molar-refractivity contribution in [3.63, 3.8) is 0 Å². The van der Waals surface area contributed by atoms with Crippen LogP contribution in [0.4, 0.5) is 0 Å². The van der Waals surface area contributed by atoms with Crippen LogP contribution in [0.25, 0.3) is 0 Å². The molecule has 0 saturated carbocycles. The van der Waals surface area contributed by atoms with Gasteiger partial charge in [-0.1, -0.05) is 29.8 Å². The van der Waals surface area contributed by atoms with Crippen LogP contribution < -0.4 is 0 Å². The predicted molar refractivity (Wildman–Crippen MR) is 75.1 cm³/mol. The minimum Gasteiger partial charge on any atom is -0.386 e. The van der Waals surface area contributed by atoms with Gasteiger partial charge in [0.25, 0.3) is 0 Å². The first-order valence-corrected chi connectivity index (χ1v) is 7.14. The van der Waals surface area contributed by atoms with Gasteiger partial charge < -0.3 is 14.6 Å². The molecule has 1 aliphatic heterocycles. The molecule has 3 unspecified atom stereocenters. The van der Waals surface area contributed by atoms with Gasteiger partial charge in [-0.05, 0) is 38.7 Å². The lowest BCUT2D eigenvalue weighted by atomic mass is 10.0. The molecular weight excluding hydrogens is 240 g/mol. The van der Waals surface area contributed by atoms with Gasteiger partial charge >= 0.3 is 0 Å². The van der Waals surface area contributed by atoms with Gasteiger partial charge in [0, 0.05) is 6.61 Å². The van der Waals surface area contributed by atoms with E-state index in [1.807, 2.05) is 38.1 Å². The van der Waals surface area contributed by atoms with E-state index in [2.05, 4.69) is 0 Å². The van der Waals surface area contributed by atoms with E-state index < -0.39 is 6.10 Å². The van der Waals surface area contributed by atoms with E-state index in [-0.39, 0.29) is 12.2 Å². The summed E-state index contributed by atoms with van der Waals surface area (Å²) in [6, 6.07) is 7.93. The maximum Gasteiger partial charge on any atom is 0.105 e. The van der Waals surface area contributed by atoms with Gasteiger partial charge in [-0.2, -0.15) is 0 Å². The van der Waals surface area contributed by atoms with Gasteiger partial charge in [-0.25, -0.2) is 0 Å². The molecule has 1 fully saturated rings. The fraction of sp³-hybridized carbons (Fsp3) is 0.625. The second kappa shape index (κ2) is 7.04. The van der Waals surface area contributed by atoms with Gasteiger partial charge in [-0.15, -0.1) is 0 Å². The van der Waals surface area contributed by atoms with Crippen LogP contribution in [0.15, 0.2) is 24.3 Å². The number of aliphatic hydroxyl groups excluding tert-OH is 1. The Hall–Kier alpha value is -0.900. The molecule has 1 saturated heterocycles. The fourth-order valence-corrected chi connectivity index (χ4v) is 2.32. The lowest BCUT2D eigenvalue weighted by molar-refractivity contribution is -0.0886. The molecule has 0 aliphatic carbocycles. The third-order valence-corrected chi connectivity index (χ3v) is 3.68. The highest BCUT2D eigenvalue weighted by Crippen LogP contribution is 2.21. The Morgan fingerprint density at radius 1 is 1.32 bits per heavy atom. The van der Waals surface area contributed by atoms with E-state index in [9.17, 15) is 5.11 Å². The second-order valence-corrected chi connectivity index (χ2v) is 5.38. The fourth-order valence-electron chi connectivity index (χ4n) is 2.32. The molecule has 3 heteroatoms. The molecule has 1 N–H and O–H groups in total. The maximum atomic E-state index is 10.2. The van der Waals surface area contributed by atoms with Crippen LogP contribution in [-0.4, -0.2) is 30.5 Å². The molecule has 0 bridgehead atoms. The van der Waals surface area contributed by atoms with Crippen LogP contribution >= 0.6 is 0 Å². The van der Waals surface area contributed by atoms with Crippen LogP contribution in [0.5, 0.6) is 0 Å². The highest BCUT2D eigenvalue weighted by atomic mass is 16.5. The average molecular weight is 264 g/mol. The highest BCUT2D eigenvalue weighted by Gasteiger charge is 2.20. The van der Waals surface area contributed by atoms with E-state index in [1.54, 1.807) is 0 Å².